The number of benzene rings is 1. The Bertz CT molecular complexity index is 439. The van der Waals surface area contributed by atoms with E-state index in [-0.39, 0.29) is 18.7 Å². The summed E-state index contributed by atoms with van der Waals surface area (Å²) in [5.74, 6) is 0.720. The molecule has 0 saturated carbocycles. The molecule has 0 aliphatic carbocycles. The van der Waals surface area contributed by atoms with Crippen LogP contribution in [0, 0.1) is 0 Å². The van der Waals surface area contributed by atoms with Crippen molar-refractivity contribution in [2.45, 2.75) is 18.9 Å². The van der Waals surface area contributed by atoms with E-state index in [1.165, 1.54) is 0 Å². The van der Waals surface area contributed by atoms with E-state index >= 15 is 0 Å². The molecule has 1 fully saturated rings. The number of hydrogen-bond acceptors (Lipinski definition) is 3. The molecule has 1 aromatic carbocycles. The van der Waals surface area contributed by atoms with E-state index in [1.807, 2.05) is 0 Å². The summed E-state index contributed by atoms with van der Waals surface area (Å²) in [5, 5.41) is 12.6. The Morgan fingerprint density at radius 3 is 2.90 bits per heavy atom. The fourth-order valence-electron chi connectivity index (χ4n) is 2.25. The van der Waals surface area contributed by atoms with E-state index in [0.29, 0.717) is 24.7 Å². The van der Waals surface area contributed by atoms with Crippen molar-refractivity contribution < 1.29 is 14.6 Å². The third-order valence-corrected chi connectivity index (χ3v) is 3.56. The second-order valence-corrected chi connectivity index (χ2v) is 5.14. The smallest absolute Gasteiger partial charge is 0.317 e. The normalized spacial score (nSPS) is 18.1. The largest absolute Gasteiger partial charge is 0.492 e. The van der Waals surface area contributed by atoms with Gasteiger partial charge in [0.1, 0.15) is 12.4 Å². The van der Waals surface area contributed by atoms with Crippen LogP contribution in [0.25, 0.3) is 0 Å². The molecule has 5 nitrogen and oxygen atoms in total. The average Bonchev–Trinajstić information content (AvgIpc) is 2.94. The molecule has 2 amide bonds. The maximum absolute atomic E-state index is 11.9. The van der Waals surface area contributed by atoms with Gasteiger partial charge in [0.25, 0.3) is 0 Å². The van der Waals surface area contributed by atoms with Crippen molar-refractivity contribution in [3.05, 3.63) is 29.3 Å². The number of urea groups is 1. The lowest BCUT2D eigenvalue weighted by atomic mass is 10.2. The number of likely N-dealkylation sites (tertiary alicyclic amines) is 1. The predicted molar refractivity (Wildman–Crippen MR) is 77.2 cm³/mol. The van der Waals surface area contributed by atoms with Crippen molar-refractivity contribution in [3.8, 4) is 5.75 Å². The molecule has 0 bridgehead atoms. The van der Waals surface area contributed by atoms with Crippen LogP contribution in [0.4, 0.5) is 4.79 Å². The first-order valence-electron chi connectivity index (χ1n) is 6.74. The van der Waals surface area contributed by atoms with Crippen LogP contribution >= 0.6 is 11.6 Å². The minimum atomic E-state index is -0.138. The zero-order valence-electron chi connectivity index (χ0n) is 11.2. The van der Waals surface area contributed by atoms with Crippen molar-refractivity contribution in [1.29, 1.82) is 0 Å². The first kappa shape index (κ1) is 14.9. The van der Waals surface area contributed by atoms with E-state index < -0.39 is 0 Å². The van der Waals surface area contributed by atoms with Gasteiger partial charge >= 0.3 is 6.03 Å². The minimum absolute atomic E-state index is 0.0225. The van der Waals surface area contributed by atoms with Gasteiger partial charge in [-0.2, -0.15) is 0 Å². The number of amides is 2. The highest BCUT2D eigenvalue weighted by Gasteiger charge is 2.27. The second kappa shape index (κ2) is 7.36. The number of rotatable bonds is 5. The topological polar surface area (TPSA) is 61.8 Å². The maximum atomic E-state index is 11.9. The molecule has 0 radical (unpaired) electrons. The number of carbonyl (C=O) groups is 1. The Morgan fingerprint density at radius 2 is 2.20 bits per heavy atom. The highest BCUT2D eigenvalue weighted by molar-refractivity contribution is 6.30. The Labute approximate surface area is 123 Å². The molecule has 1 saturated heterocycles. The van der Waals surface area contributed by atoms with Crippen molar-refractivity contribution in [3.63, 3.8) is 0 Å². The Kier molecular flexibility index (Phi) is 5.49. The molecule has 0 spiro atoms. The van der Waals surface area contributed by atoms with Crippen LogP contribution in [0.1, 0.15) is 12.8 Å². The second-order valence-electron chi connectivity index (χ2n) is 4.71. The summed E-state index contributed by atoms with van der Waals surface area (Å²) < 4.78 is 5.49. The molecule has 1 atom stereocenters. The molecule has 2 rings (SSSR count). The minimum Gasteiger partial charge on any atom is -0.492 e. The molecule has 20 heavy (non-hydrogen) atoms. The van der Waals surface area contributed by atoms with E-state index in [1.54, 1.807) is 29.2 Å². The number of nitrogens with zero attached hydrogens (tertiary/aromatic N) is 1. The van der Waals surface area contributed by atoms with Crippen LogP contribution in [0.3, 0.4) is 0 Å². The molecule has 6 heteroatoms. The molecular formula is C14H19ClN2O3. The van der Waals surface area contributed by atoms with Gasteiger partial charge in [0, 0.05) is 11.6 Å². The molecule has 1 aliphatic heterocycles. The molecule has 2 N–H and O–H groups in total. The lowest BCUT2D eigenvalue weighted by molar-refractivity contribution is 0.156. The standard InChI is InChI=1S/C14H19ClN2O3/c15-11-3-5-13(6-4-11)20-9-7-16-14(19)17-8-1-2-12(17)10-18/h3-6,12,18H,1-2,7-10H2,(H,16,19). The van der Waals surface area contributed by atoms with Crippen LogP contribution in [-0.2, 0) is 0 Å². The van der Waals surface area contributed by atoms with Crippen molar-refractivity contribution in [1.82, 2.24) is 10.2 Å². The van der Waals surface area contributed by atoms with Crippen molar-refractivity contribution in [2.24, 2.45) is 0 Å². The zero-order valence-corrected chi connectivity index (χ0v) is 12.0. The average molecular weight is 299 g/mol. The van der Waals surface area contributed by atoms with Gasteiger partial charge in [-0.15, -0.1) is 0 Å². The summed E-state index contributed by atoms with van der Waals surface area (Å²) >= 11 is 5.78. The summed E-state index contributed by atoms with van der Waals surface area (Å²) in [6.45, 7) is 1.55. The Balaban J connectivity index is 1.68. The summed E-state index contributed by atoms with van der Waals surface area (Å²) in [5.41, 5.74) is 0. The lowest BCUT2D eigenvalue weighted by Gasteiger charge is -2.23. The van der Waals surface area contributed by atoms with Gasteiger partial charge in [-0.05, 0) is 37.1 Å². The van der Waals surface area contributed by atoms with Gasteiger partial charge < -0.3 is 20.1 Å². The summed E-state index contributed by atoms with van der Waals surface area (Å²) in [6, 6.07) is 6.89. The van der Waals surface area contributed by atoms with Crippen LogP contribution in [0.2, 0.25) is 5.02 Å². The van der Waals surface area contributed by atoms with E-state index in [9.17, 15) is 9.90 Å². The SMILES string of the molecule is O=C(NCCOc1ccc(Cl)cc1)N1CCCC1CO. The molecule has 1 aliphatic rings. The van der Waals surface area contributed by atoms with E-state index in [0.717, 1.165) is 18.6 Å². The molecule has 0 aromatic heterocycles. The summed E-state index contributed by atoms with van der Waals surface area (Å²) in [6.07, 6.45) is 1.81. The number of carbonyl (C=O) groups excluding carboxylic acids is 1. The zero-order chi connectivity index (χ0) is 14.4. The predicted octanol–water partition coefficient (Wildman–Crippen LogP) is 1.89. The highest BCUT2D eigenvalue weighted by atomic mass is 35.5. The number of aliphatic hydroxyl groups is 1. The number of halogens is 1. The van der Waals surface area contributed by atoms with Gasteiger partial charge in [0.2, 0.25) is 0 Å². The first-order valence-corrected chi connectivity index (χ1v) is 7.12. The van der Waals surface area contributed by atoms with Gasteiger partial charge in [0.05, 0.1) is 19.2 Å². The number of ether oxygens (including phenoxy) is 1. The number of hydrogen-bond donors (Lipinski definition) is 2. The quantitative estimate of drug-likeness (QED) is 0.816. The van der Waals surface area contributed by atoms with Crippen molar-refractivity contribution >= 4 is 17.6 Å². The Morgan fingerprint density at radius 1 is 1.45 bits per heavy atom. The van der Waals surface area contributed by atoms with E-state index in [2.05, 4.69) is 5.32 Å². The first-order chi connectivity index (χ1) is 9.70. The van der Waals surface area contributed by atoms with Gasteiger partial charge in [-0.25, -0.2) is 4.79 Å². The van der Waals surface area contributed by atoms with Gasteiger partial charge in [0.15, 0.2) is 0 Å². The molecule has 1 unspecified atom stereocenters. The Hall–Kier alpha value is -1.46. The fourth-order valence-corrected chi connectivity index (χ4v) is 2.38. The molecule has 1 aromatic rings. The monoisotopic (exact) mass is 298 g/mol. The van der Waals surface area contributed by atoms with Crippen LogP contribution in [-0.4, -0.2) is 48.4 Å². The third kappa shape index (κ3) is 4.02. The molecule has 110 valence electrons. The highest BCUT2D eigenvalue weighted by Crippen LogP contribution is 2.16. The number of aliphatic hydroxyl groups excluding tert-OH is 1. The van der Waals surface area contributed by atoms with Crippen LogP contribution in [0.5, 0.6) is 5.75 Å². The van der Waals surface area contributed by atoms with Gasteiger partial charge in [-0.1, -0.05) is 11.6 Å². The number of nitrogens with one attached hydrogen (secondary N) is 1. The van der Waals surface area contributed by atoms with Crippen molar-refractivity contribution in [2.75, 3.05) is 26.3 Å². The lowest BCUT2D eigenvalue weighted by Crippen LogP contribution is -2.45. The van der Waals surface area contributed by atoms with Crippen LogP contribution in [0.15, 0.2) is 24.3 Å². The summed E-state index contributed by atoms with van der Waals surface area (Å²) in [7, 11) is 0. The maximum Gasteiger partial charge on any atom is 0.317 e. The third-order valence-electron chi connectivity index (χ3n) is 3.31. The molecule has 1 heterocycles. The molecular weight excluding hydrogens is 280 g/mol. The van der Waals surface area contributed by atoms with Crippen LogP contribution < -0.4 is 10.1 Å². The van der Waals surface area contributed by atoms with Gasteiger partial charge in [-0.3, -0.25) is 0 Å². The van der Waals surface area contributed by atoms with E-state index in [4.69, 9.17) is 16.3 Å². The fraction of sp³-hybridized carbons (Fsp3) is 0.500. The summed E-state index contributed by atoms with van der Waals surface area (Å²) in [4.78, 5) is 13.6.